The van der Waals surface area contributed by atoms with Crippen LogP contribution in [0.25, 0.3) is 16.8 Å². The lowest BCUT2D eigenvalue weighted by molar-refractivity contribution is -0.0136. The Labute approximate surface area is 186 Å². The van der Waals surface area contributed by atoms with E-state index in [1.807, 2.05) is 4.52 Å². The largest absolute Gasteiger partial charge is 0.389 e. The molecule has 0 spiro atoms. The molecule has 5 rings (SSSR count). The van der Waals surface area contributed by atoms with Gasteiger partial charge in [-0.3, -0.25) is 0 Å². The van der Waals surface area contributed by atoms with Gasteiger partial charge < -0.3 is 20.1 Å². The van der Waals surface area contributed by atoms with E-state index in [1.165, 1.54) is 18.4 Å². The number of aliphatic hydroxyl groups is 1. The second-order valence-corrected chi connectivity index (χ2v) is 8.91. The zero-order chi connectivity index (χ0) is 21.4. The van der Waals surface area contributed by atoms with Crippen LogP contribution in [-0.4, -0.2) is 75.1 Å². The summed E-state index contributed by atoms with van der Waals surface area (Å²) in [6, 6.07) is 4.15. The molecule has 0 radical (unpaired) electrons. The molecule has 0 bridgehead atoms. The molecule has 0 aromatic carbocycles. The first-order chi connectivity index (χ1) is 15.1. The molecule has 2 N–H and O–H groups in total. The van der Waals surface area contributed by atoms with Gasteiger partial charge in [0.2, 0.25) is 5.95 Å². The van der Waals surface area contributed by atoms with E-state index in [1.54, 1.807) is 12.4 Å². The lowest BCUT2D eigenvalue weighted by Crippen LogP contribution is -2.42. The summed E-state index contributed by atoms with van der Waals surface area (Å²) in [5.41, 5.74) is 3.76. The maximum absolute atomic E-state index is 10.1. The summed E-state index contributed by atoms with van der Waals surface area (Å²) in [7, 11) is 2.18. The molecule has 2 aliphatic rings. The van der Waals surface area contributed by atoms with Gasteiger partial charge in [-0.1, -0.05) is 17.7 Å². The van der Waals surface area contributed by atoms with Gasteiger partial charge in [0, 0.05) is 18.4 Å². The van der Waals surface area contributed by atoms with Crippen LogP contribution < -0.4 is 5.32 Å². The second kappa shape index (κ2) is 8.70. The molecular weight excluding hydrogens is 416 g/mol. The summed E-state index contributed by atoms with van der Waals surface area (Å²) in [5, 5.41) is 18.4. The molecule has 0 saturated carbocycles. The van der Waals surface area contributed by atoms with Crippen LogP contribution in [0.15, 0.2) is 30.7 Å². The minimum absolute atomic E-state index is 0.149. The van der Waals surface area contributed by atoms with Crippen molar-refractivity contribution in [2.45, 2.75) is 37.3 Å². The number of hydrogen-bond donors (Lipinski definition) is 2. The number of nitrogens with zero attached hydrogens (tertiary/aromatic N) is 5. The second-order valence-electron chi connectivity index (χ2n) is 8.50. The van der Waals surface area contributed by atoms with Gasteiger partial charge >= 0.3 is 0 Å². The van der Waals surface area contributed by atoms with Crippen LogP contribution in [-0.2, 0) is 4.74 Å². The van der Waals surface area contributed by atoms with Gasteiger partial charge in [0.15, 0.2) is 0 Å². The van der Waals surface area contributed by atoms with Crippen LogP contribution >= 0.6 is 11.6 Å². The van der Waals surface area contributed by atoms with E-state index in [0.29, 0.717) is 42.2 Å². The number of hydrogen-bond acceptors (Lipinski definition) is 7. The van der Waals surface area contributed by atoms with Crippen LogP contribution in [0.4, 0.5) is 5.95 Å². The number of aliphatic hydroxyl groups excluding tert-OH is 1. The molecule has 2 saturated heterocycles. The van der Waals surface area contributed by atoms with Crippen molar-refractivity contribution in [2.75, 3.05) is 38.7 Å². The number of fused-ring (bicyclic) bond motifs is 1. The van der Waals surface area contributed by atoms with Crippen LogP contribution in [0.2, 0.25) is 5.02 Å². The van der Waals surface area contributed by atoms with Crippen molar-refractivity contribution in [3.8, 4) is 11.3 Å². The van der Waals surface area contributed by atoms with Crippen LogP contribution in [0.5, 0.6) is 0 Å². The Morgan fingerprint density at radius 1 is 1.19 bits per heavy atom. The zero-order valence-corrected chi connectivity index (χ0v) is 18.3. The normalized spacial score (nSPS) is 23.3. The average molecular weight is 443 g/mol. The van der Waals surface area contributed by atoms with Crippen molar-refractivity contribution in [1.82, 2.24) is 24.5 Å². The Morgan fingerprint density at radius 2 is 2.03 bits per heavy atom. The molecule has 31 heavy (non-hydrogen) atoms. The Kier molecular flexibility index (Phi) is 5.79. The molecule has 0 aliphatic carbocycles. The van der Waals surface area contributed by atoms with Gasteiger partial charge in [0.1, 0.15) is 0 Å². The number of likely N-dealkylation sites (tertiary alicyclic amines) is 1. The topological polar surface area (TPSA) is 87.8 Å². The lowest BCUT2D eigenvalue weighted by Gasteiger charge is -2.29. The van der Waals surface area contributed by atoms with Crippen molar-refractivity contribution < 1.29 is 9.84 Å². The quantitative estimate of drug-likeness (QED) is 0.642. The summed E-state index contributed by atoms with van der Waals surface area (Å²) in [5.74, 6) is 1.00. The van der Waals surface area contributed by atoms with E-state index in [-0.39, 0.29) is 6.04 Å². The van der Waals surface area contributed by atoms with Crippen molar-refractivity contribution >= 4 is 23.1 Å². The third-order valence-corrected chi connectivity index (χ3v) is 6.65. The van der Waals surface area contributed by atoms with Crippen LogP contribution in [0, 0.1) is 0 Å². The summed E-state index contributed by atoms with van der Waals surface area (Å²) < 4.78 is 7.21. The van der Waals surface area contributed by atoms with Crippen molar-refractivity contribution in [3.05, 3.63) is 41.3 Å². The number of pyridine rings is 1. The van der Waals surface area contributed by atoms with Gasteiger partial charge in [0.05, 0.1) is 47.4 Å². The van der Waals surface area contributed by atoms with Gasteiger partial charge in [-0.05, 0) is 56.9 Å². The van der Waals surface area contributed by atoms with Gasteiger partial charge in [-0.15, -0.1) is 0 Å². The third kappa shape index (κ3) is 4.25. The molecule has 0 unspecified atom stereocenters. The maximum atomic E-state index is 10.1. The fourth-order valence-corrected chi connectivity index (χ4v) is 4.64. The van der Waals surface area contributed by atoms with E-state index in [9.17, 15) is 5.11 Å². The highest BCUT2D eigenvalue weighted by molar-refractivity contribution is 6.33. The van der Waals surface area contributed by atoms with E-state index in [4.69, 9.17) is 16.3 Å². The fraction of sp³-hybridized carbons (Fsp3) is 0.500. The molecule has 2 fully saturated rings. The first kappa shape index (κ1) is 20.6. The lowest BCUT2D eigenvalue weighted by atomic mass is 9.90. The highest BCUT2D eigenvalue weighted by atomic mass is 35.5. The van der Waals surface area contributed by atoms with E-state index in [2.05, 4.69) is 50.7 Å². The number of aromatic nitrogens is 4. The van der Waals surface area contributed by atoms with Crippen molar-refractivity contribution in [2.24, 2.45) is 0 Å². The molecule has 9 heteroatoms. The Morgan fingerprint density at radius 3 is 2.84 bits per heavy atom. The first-order valence-corrected chi connectivity index (χ1v) is 11.2. The standard InChI is InChI=1S/C22H27ClN6O2/c1-28-7-4-14(5-8-28)15-2-3-19-16(10-25-29(19)12-15)21-17(23)11-24-22(27-21)26-18-6-9-31-13-20(18)30/h2-3,10-12,14,18,20,30H,4-9,13H2,1H3,(H,24,26,27)/t18-,20-/m1/s1. The molecular formula is C22H27ClN6O2. The van der Waals surface area contributed by atoms with Gasteiger partial charge in [0.25, 0.3) is 0 Å². The number of piperidine rings is 1. The zero-order valence-electron chi connectivity index (χ0n) is 17.5. The molecule has 3 aromatic heterocycles. The van der Waals surface area contributed by atoms with E-state index < -0.39 is 6.10 Å². The summed E-state index contributed by atoms with van der Waals surface area (Å²) >= 11 is 6.46. The van der Waals surface area contributed by atoms with Crippen LogP contribution in [0.3, 0.4) is 0 Å². The van der Waals surface area contributed by atoms with Crippen LogP contribution in [0.1, 0.15) is 30.7 Å². The molecule has 2 atom stereocenters. The minimum atomic E-state index is -0.591. The Hall–Kier alpha value is -2.26. The predicted octanol–water partition coefficient (Wildman–Crippen LogP) is 2.82. The summed E-state index contributed by atoms with van der Waals surface area (Å²) in [4.78, 5) is 11.3. The Balaban J connectivity index is 1.42. The van der Waals surface area contributed by atoms with Gasteiger partial charge in [-0.2, -0.15) is 5.10 Å². The predicted molar refractivity (Wildman–Crippen MR) is 120 cm³/mol. The third-order valence-electron chi connectivity index (χ3n) is 6.37. The number of nitrogens with one attached hydrogen (secondary N) is 1. The SMILES string of the molecule is CN1CCC(c2ccc3c(-c4nc(N[C@@H]5CCOC[C@H]5O)ncc4Cl)cnn3c2)CC1. The van der Waals surface area contributed by atoms with E-state index >= 15 is 0 Å². The summed E-state index contributed by atoms with van der Waals surface area (Å²) in [6.45, 7) is 3.16. The van der Waals surface area contributed by atoms with Crippen molar-refractivity contribution in [3.63, 3.8) is 0 Å². The van der Waals surface area contributed by atoms with E-state index in [0.717, 1.165) is 24.2 Å². The minimum Gasteiger partial charge on any atom is -0.389 e. The molecule has 3 aromatic rings. The summed E-state index contributed by atoms with van der Waals surface area (Å²) in [6.07, 6.45) is 7.96. The highest BCUT2D eigenvalue weighted by Crippen LogP contribution is 2.32. The molecule has 0 amide bonds. The fourth-order valence-electron chi connectivity index (χ4n) is 4.45. The Bertz CT molecular complexity index is 1070. The highest BCUT2D eigenvalue weighted by Gasteiger charge is 2.25. The average Bonchev–Trinajstić information content (AvgIpc) is 3.20. The number of halogens is 1. The monoisotopic (exact) mass is 442 g/mol. The number of ether oxygens (including phenoxy) is 1. The molecule has 2 aliphatic heterocycles. The first-order valence-electron chi connectivity index (χ1n) is 10.8. The number of anilines is 1. The number of rotatable bonds is 4. The smallest absolute Gasteiger partial charge is 0.223 e. The maximum Gasteiger partial charge on any atom is 0.223 e. The van der Waals surface area contributed by atoms with Crippen molar-refractivity contribution in [1.29, 1.82) is 0 Å². The molecule has 164 valence electrons. The molecule has 8 nitrogen and oxygen atoms in total. The molecule has 5 heterocycles. The van der Waals surface area contributed by atoms with Gasteiger partial charge in [-0.25, -0.2) is 14.5 Å².